The smallest absolute Gasteiger partial charge is 0.239 e. The summed E-state index contributed by atoms with van der Waals surface area (Å²) >= 11 is 8.71. The molecule has 0 spiro atoms. The van der Waals surface area contributed by atoms with Crippen LogP contribution in [0.15, 0.2) is 22.8 Å². The molecule has 0 bridgehead atoms. The second-order valence-electron chi connectivity index (χ2n) is 2.95. The van der Waals surface area contributed by atoms with Crippen molar-refractivity contribution in [2.45, 2.75) is 0 Å². The van der Waals surface area contributed by atoms with E-state index in [0.717, 1.165) is 15.5 Å². The molecule has 7 heteroatoms. The number of alkyl halides is 1. The number of fused-ring (bicyclic) bond motifs is 1. The van der Waals surface area contributed by atoms with Crippen molar-refractivity contribution in [1.29, 1.82) is 0 Å². The lowest BCUT2D eigenvalue weighted by molar-refractivity contribution is -0.113. The third kappa shape index (κ3) is 2.66. The maximum absolute atomic E-state index is 11.0. The average Bonchev–Trinajstić information content (AvgIpc) is 2.60. The molecule has 16 heavy (non-hydrogen) atoms. The topological polar surface area (TPSA) is 57.8 Å². The second-order valence-corrected chi connectivity index (χ2v) is 4.01. The van der Waals surface area contributed by atoms with E-state index in [4.69, 9.17) is 11.6 Å². The maximum atomic E-state index is 11.0. The highest BCUT2D eigenvalue weighted by atomic mass is 79.9. The first-order valence-electron chi connectivity index (χ1n) is 4.20. The third-order valence-electron chi connectivity index (χ3n) is 1.91. The summed E-state index contributed by atoms with van der Waals surface area (Å²) in [6.45, 7) is 0. The number of benzene rings is 1. The molecule has 1 heterocycles. The van der Waals surface area contributed by atoms with Crippen molar-refractivity contribution in [3.8, 4) is 0 Å². The number of nitrogens with zero attached hydrogens (tertiary/aromatic N) is 1. The van der Waals surface area contributed by atoms with Gasteiger partial charge in [0.25, 0.3) is 0 Å². The Balaban J connectivity index is 0.00000128. The summed E-state index contributed by atoms with van der Waals surface area (Å²) in [6.07, 6.45) is 0. The summed E-state index contributed by atoms with van der Waals surface area (Å²) in [4.78, 5) is 11.0. The molecule has 86 valence electrons. The van der Waals surface area contributed by atoms with Crippen molar-refractivity contribution in [1.82, 2.24) is 10.2 Å². The number of nitrogens with one attached hydrogen (secondary N) is 2. The average molecular weight is 325 g/mol. The van der Waals surface area contributed by atoms with Crippen LogP contribution < -0.4 is 5.32 Å². The van der Waals surface area contributed by atoms with Gasteiger partial charge in [0, 0.05) is 11.1 Å². The molecule has 0 fully saturated rings. The SMILES string of the molecule is Cl.O=C(CCl)Nc1ccc2c(Br)[nH]nc2c1. The van der Waals surface area contributed by atoms with Gasteiger partial charge in [0.1, 0.15) is 10.5 Å². The predicted octanol–water partition coefficient (Wildman–Crippen LogP) is 2.92. The number of anilines is 1. The number of aromatic nitrogens is 2. The van der Waals surface area contributed by atoms with Gasteiger partial charge in [0.05, 0.1) is 5.52 Å². The summed E-state index contributed by atoms with van der Waals surface area (Å²) in [5.74, 6) is -0.284. The van der Waals surface area contributed by atoms with Crippen molar-refractivity contribution >= 4 is 62.4 Å². The van der Waals surface area contributed by atoms with Crippen molar-refractivity contribution in [2.24, 2.45) is 0 Å². The molecule has 2 rings (SSSR count). The van der Waals surface area contributed by atoms with Crippen LogP contribution in [0, 0.1) is 0 Å². The van der Waals surface area contributed by atoms with E-state index < -0.39 is 0 Å². The molecule has 0 aliphatic heterocycles. The van der Waals surface area contributed by atoms with Crippen LogP contribution in [-0.4, -0.2) is 22.0 Å². The fourth-order valence-electron chi connectivity index (χ4n) is 1.25. The van der Waals surface area contributed by atoms with E-state index in [9.17, 15) is 4.79 Å². The summed E-state index contributed by atoms with van der Waals surface area (Å²) in [5.41, 5.74) is 1.47. The maximum Gasteiger partial charge on any atom is 0.239 e. The van der Waals surface area contributed by atoms with E-state index in [-0.39, 0.29) is 24.2 Å². The van der Waals surface area contributed by atoms with Crippen LogP contribution in [0.25, 0.3) is 10.9 Å². The van der Waals surface area contributed by atoms with Gasteiger partial charge in [-0.25, -0.2) is 0 Å². The van der Waals surface area contributed by atoms with Crippen LogP contribution in [0.4, 0.5) is 5.69 Å². The van der Waals surface area contributed by atoms with Crippen LogP contribution in [0.2, 0.25) is 0 Å². The van der Waals surface area contributed by atoms with Crippen LogP contribution in [0.3, 0.4) is 0 Å². The monoisotopic (exact) mass is 323 g/mol. The third-order valence-corrected chi connectivity index (χ3v) is 2.76. The number of H-pyrrole nitrogens is 1. The highest BCUT2D eigenvalue weighted by molar-refractivity contribution is 9.10. The Morgan fingerprint density at radius 1 is 1.56 bits per heavy atom. The number of hydrogen-bond acceptors (Lipinski definition) is 2. The number of carbonyl (C=O) groups is 1. The Hall–Kier alpha value is -0.780. The number of halogens is 3. The molecule has 0 atom stereocenters. The van der Waals surface area contributed by atoms with Gasteiger partial charge in [0.15, 0.2) is 0 Å². The van der Waals surface area contributed by atoms with Crippen molar-refractivity contribution in [3.63, 3.8) is 0 Å². The van der Waals surface area contributed by atoms with Gasteiger partial charge in [-0.05, 0) is 34.1 Å². The molecule has 2 N–H and O–H groups in total. The van der Waals surface area contributed by atoms with E-state index in [1.54, 1.807) is 12.1 Å². The van der Waals surface area contributed by atoms with Gasteiger partial charge in [-0.1, -0.05) is 0 Å². The summed E-state index contributed by atoms with van der Waals surface area (Å²) in [7, 11) is 0. The van der Waals surface area contributed by atoms with Gasteiger partial charge in [-0.2, -0.15) is 5.10 Å². The van der Waals surface area contributed by atoms with Crippen LogP contribution >= 0.6 is 39.9 Å². The molecule has 1 amide bonds. The van der Waals surface area contributed by atoms with E-state index in [1.807, 2.05) is 6.07 Å². The van der Waals surface area contributed by atoms with E-state index in [0.29, 0.717) is 5.69 Å². The van der Waals surface area contributed by atoms with Crippen LogP contribution in [-0.2, 0) is 4.79 Å². The first kappa shape index (κ1) is 13.3. The predicted molar refractivity (Wildman–Crippen MR) is 70.4 cm³/mol. The zero-order chi connectivity index (χ0) is 10.8. The number of hydrogen-bond donors (Lipinski definition) is 2. The summed E-state index contributed by atoms with van der Waals surface area (Å²) in [6, 6.07) is 5.45. The highest BCUT2D eigenvalue weighted by Crippen LogP contribution is 2.23. The van der Waals surface area contributed by atoms with E-state index >= 15 is 0 Å². The fraction of sp³-hybridized carbons (Fsp3) is 0.111. The minimum Gasteiger partial charge on any atom is -0.325 e. The number of rotatable bonds is 2. The Bertz CT molecular complexity index is 514. The molecule has 1 aromatic heterocycles. The number of carbonyl (C=O) groups excluding carboxylic acids is 1. The molecule has 0 saturated heterocycles. The summed E-state index contributed by atoms with van der Waals surface area (Å²) in [5, 5.41) is 10.5. The molecule has 4 nitrogen and oxygen atoms in total. The molecule has 0 aliphatic rings. The number of aromatic amines is 1. The highest BCUT2D eigenvalue weighted by Gasteiger charge is 2.05. The Morgan fingerprint density at radius 3 is 3.00 bits per heavy atom. The molecular weight excluding hydrogens is 317 g/mol. The van der Waals surface area contributed by atoms with Crippen LogP contribution in [0.1, 0.15) is 0 Å². The van der Waals surface area contributed by atoms with Gasteiger partial charge in [-0.3, -0.25) is 9.89 Å². The molecule has 0 radical (unpaired) electrons. The van der Waals surface area contributed by atoms with Gasteiger partial charge in [0.2, 0.25) is 5.91 Å². The minimum absolute atomic E-state index is 0. The Kier molecular flexibility index (Phi) is 4.58. The van der Waals surface area contributed by atoms with Crippen molar-refractivity contribution in [3.05, 3.63) is 22.8 Å². The lowest BCUT2D eigenvalue weighted by atomic mass is 10.2. The standard InChI is InChI=1S/C9H7BrClN3O.ClH/c10-9-6-2-1-5(12-8(15)4-11)3-7(6)13-14-9;/h1-3H,4H2,(H,12,15)(H,13,14);1H. The largest absolute Gasteiger partial charge is 0.325 e. The van der Waals surface area contributed by atoms with Crippen LogP contribution in [0.5, 0.6) is 0 Å². The molecule has 2 aromatic rings. The minimum atomic E-state index is -0.231. The zero-order valence-electron chi connectivity index (χ0n) is 7.96. The summed E-state index contributed by atoms with van der Waals surface area (Å²) < 4.78 is 0.827. The lowest BCUT2D eigenvalue weighted by Crippen LogP contribution is -2.12. The van der Waals surface area contributed by atoms with E-state index in [1.165, 1.54) is 0 Å². The van der Waals surface area contributed by atoms with Gasteiger partial charge in [-0.15, -0.1) is 24.0 Å². The first-order chi connectivity index (χ1) is 7.20. The first-order valence-corrected chi connectivity index (χ1v) is 5.53. The van der Waals surface area contributed by atoms with Gasteiger partial charge >= 0.3 is 0 Å². The quantitative estimate of drug-likeness (QED) is 0.834. The Morgan fingerprint density at radius 2 is 2.31 bits per heavy atom. The normalized spacial score (nSPS) is 9.88. The zero-order valence-corrected chi connectivity index (χ0v) is 11.1. The lowest BCUT2D eigenvalue weighted by Gasteiger charge is -2.01. The molecule has 0 saturated carbocycles. The van der Waals surface area contributed by atoms with E-state index in [2.05, 4.69) is 31.4 Å². The second kappa shape index (κ2) is 5.52. The van der Waals surface area contributed by atoms with Crippen molar-refractivity contribution in [2.75, 3.05) is 11.2 Å². The molecular formula is C9H8BrCl2N3O. The molecule has 0 aliphatic carbocycles. The molecule has 0 unspecified atom stereocenters. The molecule has 1 aromatic carbocycles. The Labute approximate surface area is 111 Å². The van der Waals surface area contributed by atoms with Gasteiger partial charge < -0.3 is 5.32 Å². The number of amides is 1. The fourth-order valence-corrected chi connectivity index (χ4v) is 1.74. The van der Waals surface area contributed by atoms with Crippen molar-refractivity contribution < 1.29 is 4.79 Å².